The van der Waals surface area contributed by atoms with Crippen LogP contribution in [-0.2, 0) is 11.2 Å². The van der Waals surface area contributed by atoms with Crippen molar-refractivity contribution in [2.75, 3.05) is 25.7 Å². The van der Waals surface area contributed by atoms with Gasteiger partial charge in [0.05, 0.1) is 7.11 Å². The lowest BCUT2D eigenvalue weighted by Gasteiger charge is -2.14. The maximum atomic E-state index is 11.7. The van der Waals surface area contributed by atoms with Gasteiger partial charge in [-0.2, -0.15) is 11.8 Å². The van der Waals surface area contributed by atoms with Crippen molar-refractivity contribution in [3.05, 3.63) is 29.8 Å². The van der Waals surface area contributed by atoms with E-state index in [-0.39, 0.29) is 0 Å². The predicted molar refractivity (Wildman–Crippen MR) is 87.7 cm³/mol. The molecule has 0 heterocycles. The number of carboxylic acids is 1. The number of hydrogen-bond donors (Lipinski definition) is 3. The van der Waals surface area contributed by atoms with Crippen LogP contribution in [0.2, 0.25) is 0 Å². The molecule has 1 aromatic rings. The van der Waals surface area contributed by atoms with Crippen LogP contribution in [0.1, 0.15) is 12.0 Å². The number of ether oxygens (including phenoxy) is 1. The molecule has 122 valence electrons. The summed E-state index contributed by atoms with van der Waals surface area (Å²) in [6.07, 6.45) is 2.97. The molecule has 0 aliphatic carbocycles. The first-order valence-corrected chi connectivity index (χ1v) is 8.35. The number of aliphatic carboxylic acids is 1. The maximum Gasteiger partial charge on any atom is 0.326 e. The highest BCUT2D eigenvalue weighted by Gasteiger charge is 2.18. The molecular weight excluding hydrogens is 304 g/mol. The number of amides is 2. The third kappa shape index (κ3) is 6.71. The van der Waals surface area contributed by atoms with Gasteiger partial charge in [-0.05, 0) is 42.5 Å². The molecule has 0 radical (unpaired) electrons. The zero-order chi connectivity index (χ0) is 16.4. The van der Waals surface area contributed by atoms with Gasteiger partial charge in [-0.15, -0.1) is 0 Å². The molecule has 7 heteroatoms. The summed E-state index contributed by atoms with van der Waals surface area (Å²) in [6, 6.07) is 6.26. The summed E-state index contributed by atoms with van der Waals surface area (Å²) in [5, 5.41) is 14.2. The summed E-state index contributed by atoms with van der Waals surface area (Å²) < 4.78 is 5.07. The fourth-order valence-corrected chi connectivity index (χ4v) is 2.29. The summed E-state index contributed by atoms with van der Waals surface area (Å²) in [6.45, 7) is 0.438. The third-order valence-corrected chi connectivity index (χ3v) is 3.72. The molecule has 0 saturated heterocycles. The molecule has 6 nitrogen and oxygen atoms in total. The van der Waals surface area contributed by atoms with Crippen molar-refractivity contribution >= 4 is 23.8 Å². The first-order chi connectivity index (χ1) is 10.6. The van der Waals surface area contributed by atoms with Gasteiger partial charge in [0, 0.05) is 6.54 Å². The van der Waals surface area contributed by atoms with Crippen molar-refractivity contribution < 1.29 is 19.4 Å². The Morgan fingerprint density at radius 1 is 1.32 bits per heavy atom. The normalized spacial score (nSPS) is 11.5. The zero-order valence-corrected chi connectivity index (χ0v) is 13.6. The number of nitrogens with one attached hydrogen (secondary N) is 2. The number of benzene rings is 1. The Balaban J connectivity index is 2.33. The fraction of sp³-hybridized carbons (Fsp3) is 0.467. The minimum Gasteiger partial charge on any atom is -0.497 e. The Bertz CT molecular complexity index is 479. The van der Waals surface area contributed by atoms with Gasteiger partial charge in [-0.25, -0.2) is 9.59 Å². The molecule has 2 amide bonds. The first-order valence-electron chi connectivity index (χ1n) is 6.96. The standard InChI is InChI=1S/C15H22N2O4S/c1-21-12-5-3-11(4-6-12)7-9-16-15(20)17-13(14(18)19)8-10-22-2/h3-6,13H,7-10H2,1-2H3,(H,18,19)(H2,16,17,20). The lowest BCUT2D eigenvalue weighted by Crippen LogP contribution is -2.46. The summed E-state index contributed by atoms with van der Waals surface area (Å²) in [7, 11) is 1.61. The van der Waals surface area contributed by atoms with Crippen molar-refractivity contribution in [2.24, 2.45) is 0 Å². The lowest BCUT2D eigenvalue weighted by molar-refractivity contribution is -0.139. The molecule has 0 saturated carbocycles. The summed E-state index contributed by atoms with van der Waals surface area (Å²) in [4.78, 5) is 22.7. The van der Waals surface area contributed by atoms with Crippen LogP contribution in [-0.4, -0.2) is 48.8 Å². The topological polar surface area (TPSA) is 87.7 Å². The molecule has 1 unspecified atom stereocenters. The Morgan fingerprint density at radius 2 is 2.00 bits per heavy atom. The van der Waals surface area contributed by atoms with Crippen molar-refractivity contribution in [1.29, 1.82) is 0 Å². The van der Waals surface area contributed by atoms with E-state index in [2.05, 4.69) is 10.6 Å². The molecular formula is C15H22N2O4S. The van der Waals surface area contributed by atoms with Gasteiger partial charge in [0.25, 0.3) is 0 Å². The predicted octanol–water partition coefficient (Wildman–Crippen LogP) is 1.74. The summed E-state index contributed by atoms with van der Waals surface area (Å²) in [5.74, 6) is 0.454. The number of carboxylic acid groups (broad SMARTS) is 1. The van der Waals surface area contributed by atoms with Crippen molar-refractivity contribution in [1.82, 2.24) is 10.6 Å². The van der Waals surface area contributed by atoms with Crippen LogP contribution in [0.5, 0.6) is 5.75 Å². The van der Waals surface area contributed by atoms with Crippen LogP contribution in [0.25, 0.3) is 0 Å². The van der Waals surface area contributed by atoms with Gasteiger partial charge in [0.1, 0.15) is 11.8 Å². The molecule has 0 aliphatic heterocycles. The summed E-state index contributed by atoms with van der Waals surface area (Å²) in [5.41, 5.74) is 1.07. The van der Waals surface area contributed by atoms with Crippen LogP contribution < -0.4 is 15.4 Å². The average molecular weight is 326 g/mol. The van der Waals surface area contributed by atoms with Gasteiger partial charge in [-0.1, -0.05) is 12.1 Å². The first kappa shape index (κ1) is 18.2. The molecule has 0 aromatic heterocycles. The molecule has 0 spiro atoms. The molecule has 22 heavy (non-hydrogen) atoms. The van der Waals surface area contributed by atoms with Gasteiger partial charge in [-0.3, -0.25) is 0 Å². The Kier molecular flexibility index (Phi) is 8.21. The fourth-order valence-electron chi connectivity index (χ4n) is 1.81. The number of carbonyl (C=O) groups is 2. The summed E-state index contributed by atoms with van der Waals surface area (Å²) >= 11 is 1.55. The van der Waals surface area contributed by atoms with E-state index in [4.69, 9.17) is 9.84 Å². The smallest absolute Gasteiger partial charge is 0.326 e. The van der Waals surface area contributed by atoms with Gasteiger partial charge in [0.2, 0.25) is 0 Å². The van der Waals surface area contributed by atoms with E-state index in [0.29, 0.717) is 25.1 Å². The monoisotopic (exact) mass is 326 g/mol. The minimum absolute atomic E-state index is 0.405. The second kappa shape index (κ2) is 9.94. The third-order valence-electron chi connectivity index (χ3n) is 3.07. The minimum atomic E-state index is -1.01. The van der Waals surface area contributed by atoms with Gasteiger partial charge >= 0.3 is 12.0 Å². The molecule has 0 bridgehead atoms. The highest BCUT2D eigenvalue weighted by molar-refractivity contribution is 7.98. The van der Waals surface area contributed by atoms with Crippen LogP contribution in [0.15, 0.2) is 24.3 Å². The van der Waals surface area contributed by atoms with E-state index in [9.17, 15) is 9.59 Å². The SMILES string of the molecule is COc1ccc(CCNC(=O)NC(CCSC)C(=O)O)cc1. The quantitative estimate of drug-likeness (QED) is 0.643. The number of urea groups is 1. The van der Waals surface area contributed by atoms with Crippen molar-refractivity contribution in [2.45, 2.75) is 18.9 Å². The van der Waals surface area contributed by atoms with E-state index in [1.807, 2.05) is 30.5 Å². The molecule has 0 fully saturated rings. The number of hydrogen-bond acceptors (Lipinski definition) is 4. The Hall–Kier alpha value is -1.89. The molecule has 1 aromatic carbocycles. The van der Waals surface area contributed by atoms with E-state index < -0.39 is 18.0 Å². The van der Waals surface area contributed by atoms with Crippen LogP contribution in [0, 0.1) is 0 Å². The van der Waals surface area contributed by atoms with Crippen molar-refractivity contribution in [3.8, 4) is 5.75 Å². The average Bonchev–Trinajstić information content (AvgIpc) is 2.51. The Morgan fingerprint density at radius 3 is 2.55 bits per heavy atom. The highest BCUT2D eigenvalue weighted by Crippen LogP contribution is 2.11. The van der Waals surface area contributed by atoms with Crippen LogP contribution in [0.4, 0.5) is 4.79 Å². The molecule has 0 aliphatic rings. The molecule has 1 rings (SSSR count). The van der Waals surface area contributed by atoms with Crippen LogP contribution >= 0.6 is 11.8 Å². The van der Waals surface area contributed by atoms with E-state index in [1.165, 1.54) is 0 Å². The molecule has 3 N–H and O–H groups in total. The Labute approximate surface area is 134 Å². The van der Waals surface area contributed by atoms with E-state index in [1.54, 1.807) is 18.9 Å². The van der Waals surface area contributed by atoms with Crippen molar-refractivity contribution in [3.63, 3.8) is 0 Å². The maximum absolute atomic E-state index is 11.7. The van der Waals surface area contributed by atoms with Gasteiger partial charge < -0.3 is 20.5 Å². The number of methoxy groups -OCH3 is 1. The lowest BCUT2D eigenvalue weighted by atomic mass is 10.1. The molecule has 1 atom stereocenters. The number of rotatable bonds is 9. The zero-order valence-electron chi connectivity index (χ0n) is 12.8. The largest absolute Gasteiger partial charge is 0.497 e. The number of carbonyl (C=O) groups excluding carboxylic acids is 1. The second-order valence-corrected chi connectivity index (χ2v) is 5.66. The second-order valence-electron chi connectivity index (χ2n) is 4.67. The van der Waals surface area contributed by atoms with E-state index >= 15 is 0 Å². The van der Waals surface area contributed by atoms with Crippen LogP contribution in [0.3, 0.4) is 0 Å². The van der Waals surface area contributed by atoms with E-state index in [0.717, 1.165) is 11.3 Å². The number of thioether (sulfide) groups is 1. The van der Waals surface area contributed by atoms with Gasteiger partial charge in [0.15, 0.2) is 0 Å². The highest BCUT2D eigenvalue weighted by atomic mass is 32.2.